The molecule has 0 radical (unpaired) electrons. The molecule has 0 spiro atoms. The number of pyridine rings is 1. The topological polar surface area (TPSA) is 101 Å². The summed E-state index contributed by atoms with van der Waals surface area (Å²) in [6.07, 6.45) is 1.65. The first-order valence-electron chi connectivity index (χ1n) is 8.78. The maximum atomic E-state index is 12.6. The molecule has 0 atom stereocenters. The van der Waals surface area contributed by atoms with Crippen LogP contribution < -0.4 is 10.2 Å². The van der Waals surface area contributed by atoms with Crippen LogP contribution in [0, 0.1) is 6.92 Å². The second kappa shape index (κ2) is 7.80. The van der Waals surface area contributed by atoms with E-state index in [-0.39, 0.29) is 12.5 Å². The molecule has 29 heavy (non-hydrogen) atoms. The summed E-state index contributed by atoms with van der Waals surface area (Å²) in [5.74, 6) is -1.42. The second-order valence-corrected chi connectivity index (χ2v) is 7.27. The van der Waals surface area contributed by atoms with Crippen molar-refractivity contribution < 1.29 is 19.1 Å². The van der Waals surface area contributed by atoms with Crippen molar-refractivity contribution in [3.8, 4) is 10.7 Å². The van der Waals surface area contributed by atoms with E-state index in [1.165, 1.54) is 4.90 Å². The number of hydrogen-bond donors (Lipinski definition) is 1. The summed E-state index contributed by atoms with van der Waals surface area (Å²) in [6.45, 7) is 1.10. The number of thiazole rings is 1. The van der Waals surface area contributed by atoms with Gasteiger partial charge in [-0.05, 0) is 31.2 Å². The van der Waals surface area contributed by atoms with E-state index in [1.54, 1.807) is 49.5 Å². The summed E-state index contributed by atoms with van der Waals surface area (Å²) in [6, 6.07) is 12.4. The van der Waals surface area contributed by atoms with Crippen molar-refractivity contribution in [2.24, 2.45) is 0 Å². The molecule has 8 nitrogen and oxygen atoms in total. The number of ether oxygens (including phenoxy) is 1. The molecule has 0 bridgehead atoms. The Balaban J connectivity index is 1.46. The minimum absolute atomic E-state index is 0.128. The standard InChI is InChI=1S/C20H16N4O4S/c1-12-18(29-19(22-12)14-7-4-5-9-21-14)20(27)28-11-17(26)24-10-16(25)23-13-6-2-3-8-15(13)24/h2-9H,10-11H2,1H3,(H,23,25). The maximum absolute atomic E-state index is 12.6. The minimum Gasteiger partial charge on any atom is -0.451 e. The fourth-order valence-electron chi connectivity index (χ4n) is 2.91. The van der Waals surface area contributed by atoms with Gasteiger partial charge >= 0.3 is 5.97 Å². The number of rotatable bonds is 4. The molecule has 3 aromatic rings. The van der Waals surface area contributed by atoms with Gasteiger partial charge in [0.2, 0.25) is 5.91 Å². The Morgan fingerprint density at radius 2 is 2.00 bits per heavy atom. The zero-order chi connectivity index (χ0) is 20.4. The molecular formula is C20H16N4O4S. The number of para-hydroxylation sites is 2. The first kappa shape index (κ1) is 18.8. The highest BCUT2D eigenvalue weighted by atomic mass is 32.1. The molecule has 9 heteroatoms. The van der Waals surface area contributed by atoms with Gasteiger partial charge in [-0.25, -0.2) is 9.78 Å². The lowest BCUT2D eigenvalue weighted by atomic mass is 10.2. The molecule has 0 aliphatic carbocycles. The summed E-state index contributed by atoms with van der Waals surface area (Å²) in [5.41, 5.74) is 2.28. The van der Waals surface area contributed by atoms with E-state index in [0.717, 1.165) is 11.3 Å². The fourth-order valence-corrected chi connectivity index (χ4v) is 3.85. The van der Waals surface area contributed by atoms with Crippen LogP contribution in [0.4, 0.5) is 11.4 Å². The second-order valence-electron chi connectivity index (χ2n) is 6.27. The van der Waals surface area contributed by atoms with Gasteiger partial charge in [-0.3, -0.25) is 19.5 Å². The molecule has 3 heterocycles. The smallest absolute Gasteiger partial charge is 0.350 e. The van der Waals surface area contributed by atoms with Gasteiger partial charge in [0.25, 0.3) is 5.91 Å². The van der Waals surface area contributed by atoms with E-state index < -0.39 is 18.5 Å². The normalized spacial score (nSPS) is 12.9. The third kappa shape index (κ3) is 3.85. The van der Waals surface area contributed by atoms with Crippen LogP contribution in [0.25, 0.3) is 10.7 Å². The predicted molar refractivity (Wildman–Crippen MR) is 108 cm³/mol. The molecule has 146 valence electrons. The Labute approximate surface area is 170 Å². The van der Waals surface area contributed by atoms with E-state index in [1.807, 2.05) is 6.07 Å². The zero-order valence-corrected chi connectivity index (χ0v) is 16.2. The number of amides is 2. The molecular weight excluding hydrogens is 392 g/mol. The number of carbonyl (C=O) groups excluding carboxylic acids is 3. The number of nitrogens with one attached hydrogen (secondary N) is 1. The SMILES string of the molecule is Cc1nc(-c2ccccn2)sc1C(=O)OCC(=O)N1CC(=O)Nc2ccccc21. The molecule has 1 N–H and O–H groups in total. The summed E-state index contributed by atoms with van der Waals surface area (Å²) in [7, 11) is 0. The van der Waals surface area contributed by atoms with Crippen LogP contribution in [-0.4, -0.2) is 40.9 Å². The third-order valence-electron chi connectivity index (χ3n) is 4.26. The van der Waals surface area contributed by atoms with Gasteiger partial charge in [0.1, 0.15) is 16.4 Å². The van der Waals surface area contributed by atoms with Crippen LogP contribution >= 0.6 is 11.3 Å². The van der Waals surface area contributed by atoms with Gasteiger partial charge in [-0.15, -0.1) is 11.3 Å². The Morgan fingerprint density at radius 3 is 2.79 bits per heavy atom. The first-order valence-corrected chi connectivity index (χ1v) is 9.60. The van der Waals surface area contributed by atoms with Crippen LogP contribution in [0.15, 0.2) is 48.7 Å². The van der Waals surface area contributed by atoms with E-state index in [2.05, 4.69) is 15.3 Å². The number of hydrogen-bond acceptors (Lipinski definition) is 7. The van der Waals surface area contributed by atoms with Crippen LogP contribution in [0.3, 0.4) is 0 Å². The molecule has 0 fully saturated rings. The van der Waals surface area contributed by atoms with Gasteiger partial charge in [-0.1, -0.05) is 18.2 Å². The minimum atomic E-state index is -0.634. The fraction of sp³-hybridized carbons (Fsp3) is 0.150. The Kier molecular flexibility index (Phi) is 5.05. The maximum Gasteiger partial charge on any atom is 0.350 e. The Hall–Kier alpha value is -3.59. The van der Waals surface area contributed by atoms with Crippen molar-refractivity contribution in [1.29, 1.82) is 0 Å². The highest BCUT2D eigenvalue weighted by Crippen LogP contribution is 2.29. The number of benzene rings is 1. The molecule has 0 unspecified atom stereocenters. The van der Waals surface area contributed by atoms with Crippen molar-refractivity contribution in [2.75, 3.05) is 23.4 Å². The van der Waals surface area contributed by atoms with Gasteiger partial charge in [0.05, 0.1) is 22.8 Å². The molecule has 1 aliphatic heterocycles. The monoisotopic (exact) mass is 408 g/mol. The number of aryl methyl sites for hydroxylation is 1. The van der Waals surface area contributed by atoms with Crippen molar-refractivity contribution in [3.63, 3.8) is 0 Å². The molecule has 0 saturated heterocycles. The summed E-state index contributed by atoms with van der Waals surface area (Å²) in [5, 5.41) is 3.31. The molecule has 1 aromatic carbocycles. The van der Waals surface area contributed by atoms with Crippen molar-refractivity contribution >= 4 is 40.5 Å². The van der Waals surface area contributed by atoms with E-state index >= 15 is 0 Å². The lowest BCUT2D eigenvalue weighted by Crippen LogP contribution is -2.44. The van der Waals surface area contributed by atoms with Crippen LogP contribution in [0.2, 0.25) is 0 Å². The third-order valence-corrected chi connectivity index (χ3v) is 5.42. The van der Waals surface area contributed by atoms with Crippen LogP contribution in [-0.2, 0) is 14.3 Å². The summed E-state index contributed by atoms with van der Waals surface area (Å²) >= 11 is 1.16. The van der Waals surface area contributed by atoms with E-state index in [9.17, 15) is 14.4 Å². The predicted octanol–water partition coefficient (Wildman–Crippen LogP) is 2.66. The number of aromatic nitrogens is 2. The van der Waals surface area contributed by atoms with Gasteiger partial charge in [0, 0.05) is 6.20 Å². The first-order chi connectivity index (χ1) is 14.0. The lowest BCUT2D eigenvalue weighted by Gasteiger charge is -2.28. The van der Waals surface area contributed by atoms with Gasteiger partial charge in [0.15, 0.2) is 6.61 Å². The average molecular weight is 408 g/mol. The van der Waals surface area contributed by atoms with Gasteiger partial charge < -0.3 is 10.1 Å². The van der Waals surface area contributed by atoms with Crippen LogP contribution in [0.1, 0.15) is 15.4 Å². The number of anilines is 2. The summed E-state index contributed by atoms with van der Waals surface area (Å²) < 4.78 is 5.21. The highest BCUT2D eigenvalue weighted by molar-refractivity contribution is 7.17. The number of esters is 1. The molecule has 4 rings (SSSR count). The molecule has 1 aliphatic rings. The van der Waals surface area contributed by atoms with E-state index in [0.29, 0.717) is 32.6 Å². The molecule has 2 aromatic heterocycles. The van der Waals surface area contributed by atoms with Gasteiger partial charge in [-0.2, -0.15) is 0 Å². The highest BCUT2D eigenvalue weighted by Gasteiger charge is 2.28. The lowest BCUT2D eigenvalue weighted by molar-refractivity contribution is -0.124. The van der Waals surface area contributed by atoms with Crippen LogP contribution in [0.5, 0.6) is 0 Å². The average Bonchev–Trinajstić information content (AvgIpc) is 3.13. The Morgan fingerprint density at radius 1 is 1.21 bits per heavy atom. The number of nitrogens with zero attached hydrogens (tertiary/aromatic N) is 3. The number of fused-ring (bicyclic) bond motifs is 1. The zero-order valence-electron chi connectivity index (χ0n) is 15.4. The van der Waals surface area contributed by atoms with Crippen molar-refractivity contribution in [3.05, 3.63) is 59.2 Å². The number of carbonyl (C=O) groups is 3. The molecule has 0 saturated carbocycles. The Bertz CT molecular complexity index is 1100. The van der Waals surface area contributed by atoms with Crippen molar-refractivity contribution in [2.45, 2.75) is 6.92 Å². The van der Waals surface area contributed by atoms with E-state index in [4.69, 9.17) is 4.74 Å². The largest absolute Gasteiger partial charge is 0.451 e. The quantitative estimate of drug-likeness (QED) is 0.666. The summed E-state index contributed by atoms with van der Waals surface area (Å²) in [4.78, 5) is 47.2. The molecule has 2 amide bonds. The van der Waals surface area contributed by atoms with Crippen molar-refractivity contribution in [1.82, 2.24) is 9.97 Å².